The number of carboxylic acids is 1. The minimum atomic E-state index is -0.884. The van der Waals surface area contributed by atoms with Crippen LogP contribution in [0.3, 0.4) is 0 Å². The summed E-state index contributed by atoms with van der Waals surface area (Å²) in [6.07, 6.45) is 1.57. The Kier molecular flexibility index (Phi) is 3.38. The van der Waals surface area contributed by atoms with E-state index in [0.717, 1.165) is 11.3 Å². The van der Waals surface area contributed by atoms with Gasteiger partial charge in [0, 0.05) is 0 Å². The molecule has 0 aliphatic heterocycles. The zero-order valence-electron chi connectivity index (χ0n) is 8.42. The number of furan rings is 1. The molecule has 0 aromatic carbocycles. The first-order chi connectivity index (χ1) is 7.77. The van der Waals surface area contributed by atoms with Crippen LogP contribution in [0.1, 0.15) is 17.4 Å². The first-order valence-electron chi connectivity index (χ1n) is 4.78. The lowest BCUT2D eigenvalue weighted by atomic mass is 10.1. The van der Waals surface area contributed by atoms with Gasteiger partial charge >= 0.3 is 5.97 Å². The molecule has 84 valence electrons. The highest BCUT2D eigenvalue weighted by atomic mass is 32.1. The molecule has 0 aliphatic rings. The number of carbonyl (C=O) groups is 1. The van der Waals surface area contributed by atoms with Gasteiger partial charge in [-0.3, -0.25) is 10.1 Å². The van der Waals surface area contributed by atoms with Crippen LogP contribution in [0.2, 0.25) is 0 Å². The Bertz CT molecular complexity index is 436. The van der Waals surface area contributed by atoms with E-state index in [1.807, 2.05) is 10.8 Å². The number of hydrogen-bond acceptors (Lipinski definition) is 4. The molecule has 0 saturated carbocycles. The molecule has 4 nitrogen and oxygen atoms in total. The maximum absolute atomic E-state index is 11.1. The summed E-state index contributed by atoms with van der Waals surface area (Å²) in [5.41, 5.74) is 0.768. The zero-order chi connectivity index (χ0) is 11.4. The Balaban J connectivity index is 2.02. The highest BCUT2D eigenvalue weighted by Gasteiger charge is 2.19. The molecule has 0 saturated heterocycles. The summed E-state index contributed by atoms with van der Waals surface area (Å²) < 4.78 is 5.13. The minimum absolute atomic E-state index is 0.403. The van der Waals surface area contributed by atoms with Gasteiger partial charge < -0.3 is 9.52 Å². The van der Waals surface area contributed by atoms with Crippen LogP contribution in [-0.2, 0) is 11.3 Å². The molecule has 2 aromatic rings. The fraction of sp³-hybridized carbons (Fsp3) is 0.182. The Labute approximate surface area is 96.5 Å². The van der Waals surface area contributed by atoms with Crippen LogP contribution in [0.15, 0.2) is 39.6 Å². The number of carboxylic acid groups (broad SMARTS) is 1. The standard InChI is InChI=1S/C11H11NO3S/c13-11(14)10(8-3-5-16-7-8)12-6-9-2-1-4-15-9/h1-5,7,10,12H,6H2,(H,13,14). The van der Waals surface area contributed by atoms with E-state index in [1.165, 1.54) is 11.3 Å². The molecule has 2 rings (SSSR count). The normalized spacial score (nSPS) is 12.5. The SMILES string of the molecule is O=C(O)C(NCc1ccco1)c1ccsc1. The molecule has 2 aromatic heterocycles. The summed E-state index contributed by atoms with van der Waals surface area (Å²) in [5, 5.41) is 15.7. The molecule has 16 heavy (non-hydrogen) atoms. The van der Waals surface area contributed by atoms with E-state index >= 15 is 0 Å². The van der Waals surface area contributed by atoms with Gasteiger partial charge in [-0.15, -0.1) is 0 Å². The zero-order valence-corrected chi connectivity index (χ0v) is 9.24. The van der Waals surface area contributed by atoms with Crippen molar-refractivity contribution in [3.8, 4) is 0 Å². The molecule has 2 N–H and O–H groups in total. The van der Waals surface area contributed by atoms with Crippen molar-refractivity contribution < 1.29 is 14.3 Å². The fourth-order valence-corrected chi connectivity index (χ4v) is 2.09. The summed E-state index contributed by atoms with van der Waals surface area (Å²) in [6.45, 7) is 0.403. The first-order valence-corrected chi connectivity index (χ1v) is 5.72. The molecule has 5 heteroatoms. The van der Waals surface area contributed by atoms with Gasteiger partial charge in [0.05, 0.1) is 12.8 Å². The van der Waals surface area contributed by atoms with Crippen LogP contribution in [0.5, 0.6) is 0 Å². The average molecular weight is 237 g/mol. The number of hydrogen-bond donors (Lipinski definition) is 2. The highest BCUT2D eigenvalue weighted by Crippen LogP contribution is 2.17. The lowest BCUT2D eigenvalue weighted by molar-refractivity contribution is -0.139. The predicted molar refractivity (Wildman–Crippen MR) is 60.2 cm³/mol. The maximum atomic E-state index is 11.1. The second kappa shape index (κ2) is 4.96. The Morgan fingerprint density at radius 3 is 3.00 bits per heavy atom. The molecule has 1 atom stereocenters. The van der Waals surface area contributed by atoms with E-state index in [2.05, 4.69) is 5.32 Å². The Hall–Kier alpha value is -1.59. The van der Waals surface area contributed by atoms with E-state index in [1.54, 1.807) is 24.5 Å². The molecule has 0 fully saturated rings. The summed E-state index contributed by atoms with van der Waals surface area (Å²) in [7, 11) is 0. The molecule has 1 unspecified atom stereocenters. The van der Waals surface area contributed by atoms with Crippen LogP contribution >= 0.6 is 11.3 Å². The van der Waals surface area contributed by atoms with Crippen molar-refractivity contribution >= 4 is 17.3 Å². The summed E-state index contributed by atoms with van der Waals surface area (Å²) in [5.74, 6) is -0.161. The van der Waals surface area contributed by atoms with Crippen LogP contribution < -0.4 is 5.32 Å². The van der Waals surface area contributed by atoms with Crippen molar-refractivity contribution in [2.24, 2.45) is 0 Å². The van der Waals surface area contributed by atoms with Crippen molar-refractivity contribution in [2.75, 3.05) is 0 Å². The topological polar surface area (TPSA) is 62.5 Å². The van der Waals surface area contributed by atoms with Gasteiger partial charge in [-0.1, -0.05) is 0 Å². The third-order valence-corrected chi connectivity index (χ3v) is 2.89. The van der Waals surface area contributed by atoms with E-state index in [-0.39, 0.29) is 0 Å². The van der Waals surface area contributed by atoms with Gasteiger partial charge in [0.1, 0.15) is 11.8 Å². The summed E-state index contributed by atoms with van der Waals surface area (Å²) >= 11 is 1.48. The number of thiophene rings is 1. The lowest BCUT2D eigenvalue weighted by Gasteiger charge is -2.11. The van der Waals surface area contributed by atoms with Gasteiger partial charge in [0.15, 0.2) is 0 Å². The third-order valence-electron chi connectivity index (χ3n) is 2.18. The number of rotatable bonds is 5. The second-order valence-electron chi connectivity index (χ2n) is 3.29. The number of aliphatic carboxylic acids is 1. The molecular weight excluding hydrogens is 226 g/mol. The van der Waals surface area contributed by atoms with Crippen molar-refractivity contribution in [3.05, 3.63) is 46.5 Å². The third kappa shape index (κ3) is 2.50. The molecule has 0 spiro atoms. The molecule has 0 amide bonds. The van der Waals surface area contributed by atoms with E-state index in [4.69, 9.17) is 9.52 Å². The Morgan fingerprint density at radius 2 is 2.44 bits per heavy atom. The van der Waals surface area contributed by atoms with Gasteiger partial charge in [-0.2, -0.15) is 11.3 Å². The van der Waals surface area contributed by atoms with Crippen molar-refractivity contribution in [2.45, 2.75) is 12.6 Å². The quantitative estimate of drug-likeness (QED) is 0.837. The van der Waals surface area contributed by atoms with Crippen LogP contribution in [-0.4, -0.2) is 11.1 Å². The molecular formula is C11H11NO3S. The van der Waals surface area contributed by atoms with Crippen LogP contribution in [0.4, 0.5) is 0 Å². The number of nitrogens with one attached hydrogen (secondary N) is 1. The monoisotopic (exact) mass is 237 g/mol. The van der Waals surface area contributed by atoms with E-state index in [0.29, 0.717) is 6.54 Å². The van der Waals surface area contributed by atoms with Gasteiger partial charge in [-0.25, -0.2) is 0 Å². The Morgan fingerprint density at radius 1 is 1.56 bits per heavy atom. The maximum Gasteiger partial charge on any atom is 0.325 e. The van der Waals surface area contributed by atoms with Crippen molar-refractivity contribution in [1.82, 2.24) is 5.32 Å². The van der Waals surface area contributed by atoms with Crippen LogP contribution in [0.25, 0.3) is 0 Å². The second-order valence-corrected chi connectivity index (χ2v) is 4.07. The predicted octanol–water partition coefficient (Wildman–Crippen LogP) is 2.26. The van der Waals surface area contributed by atoms with Crippen molar-refractivity contribution in [3.63, 3.8) is 0 Å². The summed E-state index contributed by atoms with van der Waals surface area (Å²) in [4.78, 5) is 11.1. The molecule has 0 bridgehead atoms. The van der Waals surface area contributed by atoms with Gasteiger partial charge in [-0.05, 0) is 34.5 Å². The molecule has 0 radical (unpaired) electrons. The molecule has 2 heterocycles. The van der Waals surface area contributed by atoms with Gasteiger partial charge in [0.25, 0.3) is 0 Å². The fourth-order valence-electron chi connectivity index (χ4n) is 1.40. The lowest BCUT2D eigenvalue weighted by Crippen LogP contribution is -2.27. The largest absolute Gasteiger partial charge is 0.480 e. The van der Waals surface area contributed by atoms with E-state index in [9.17, 15) is 4.79 Å². The van der Waals surface area contributed by atoms with Gasteiger partial charge in [0.2, 0.25) is 0 Å². The smallest absolute Gasteiger partial charge is 0.325 e. The van der Waals surface area contributed by atoms with Crippen molar-refractivity contribution in [1.29, 1.82) is 0 Å². The van der Waals surface area contributed by atoms with Crippen LogP contribution in [0, 0.1) is 0 Å². The summed E-state index contributed by atoms with van der Waals surface area (Å²) in [6, 6.07) is 4.70. The first kappa shape index (κ1) is 10.9. The minimum Gasteiger partial charge on any atom is -0.480 e. The van der Waals surface area contributed by atoms with E-state index < -0.39 is 12.0 Å². The average Bonchev–Trinajstić information content (AvgIpc) is 2.88. The molecule has 0 aliphatic carbocycles. The highest BCUT2D eigenvalue weighted by molar-refractivity contribution is 7.08.